The SMILES string of the molecule is CC(=O)c1cccc(OCC(=O)Nc2cccc(S(=O)(=O)N(C)c3ccccc3)c2)c1. The number of sulfonamides is 1. The van der Waals surface area contributed by atoms with Crippen molar-refractivity contribution in [1.82, 2.24) is 0 Å². The normalized spacial score (nSPS) is 10.9. The Morgan fingerprint density at radius 3 is 2.35 bits per heavy atom. The predicted molar refractivity (Wildman–Crippen MR) is 119 cm³/mol. The third-order valence-corrected chi connectivity index (χ3v) is 6.29. The number of anilines is 2. The molecule has 3 aromatic rings. The van der Waals surface area contributed by atoms with Gasteiger partial charge in [0, 0.05) is 18.3 Å². The Kier molecular flexibility index (Phi) is 6.71. The second-order valence-electron chi connectivity index (χ2n) is 6.76. The van der Waals surface area contributed by atoms with Crippen molar-refractivity contribution in [3.8, 4) is 5.75 Å². The molecule has 0 aliphatic heterocycles. The number of rotatable bonds is 8. The van der Waals surface area contributed by atoms with Gasteiger partial charge in [-0.3, -0.25) is 13.9 Å². The van der Waals surface area contributed by atoms with Crippen LogP contribution in [0.1, 0.15) is 17.3 Å². The van der Waals surface area contributed by atoms with E-state index < -0.39 is 15.9 Å². The maximum atomic E-state index is 12.9. The van der Waals surface area contributed by atoms with Crippen LogP contribution in [0.3, 0.4) is 0 Å². The molecule has 0 aromatic heterocycles. The Morgan fingerprint density at radius 2 is 1.65 bits per heavy atom. The van der Waals surface area contributed by atoms with Gasteiger partial charge in [0.2, 0.25) is 0 Å². The second-order valence-corrected chi connectivity index (χ2v) is 8.73. The third-order valence-electron chi connectivity index (χ3n) is 4.51. The molecule has 0 fully saturated rings. The summed E-state index contributed by atoms with van der Waals surface area (Å²) in [6.45, 7) is 1.16. The minimum atomic E-state index is -3.80. The van der Waals surface area contributed by atoms with Gasteiger partial charge in [0.1, 0.15) is 5.75 Å². The molecule has 0 aliphatic carbocycles. The van der Waals surface area contributed by atoms with Crippen molar-refractivity contribution >= 4 is 33.1 Å². The number of carbonyl (C=O) groups is 2. The topological polar surface area (TPSA) is 92.8 Å². The molecule has 0 spiro atoms. The highest BCUT2D eigenvalue weighted by molar-refractivity contribution is 7.92. The molecule has 1 amide bonds. The van der Waals surface area contributed by atoms with Crippen LogP contribution in [-0.2, 0) is 14.8 Å². The Morgan fingerprint density at radius 1 is 0.935 bits per heavy atom. The molecule has 8 heteroatoms. The molecule has 3 aromatic carbocycles. The van der Waals surface area contributed by atoms with Crippen LogP contribution in [0.15, 0.2) is 83.8 Å². The van der Waals surface area contributed by atoms with E-state index in [1.807, 2.05) is 0 Å². The quantitative estimate of drug-likeness (QED) is 0.541. The lowest BCUT2D eigenvalue weighted by Gasteiger charge is -2.20. The highest BCUT2D eigenvalue weighted by Crippen LogP contribution is 2.23. The van der Waals surface area contributed by atoms with E-state index in [9.17, 15) is 18.0 Å². The molecule has 0 atom stereocenters. The summed E-state index contributed by atoms with van der Waals surface area (Å²) >= 11 is 0. The summed E-state index contributed by atoms with van der Waals surface area (Å²) in [6, 6.07) is 21.2. The van der Waals surface area contributed by atoms with Crippen LogP contribution in [0.25, 0.3) is 0 Å². The van der Waals surface area contributed by atoms with Gasteiger partial charge in [-0.25, -0.2) is 8.42 Å². The number of ketones is 1. The highest BCUT2D eigenvalue weighted by atomic mass is 32.2. The molecule has 0 radical (unpaired) electrons. The van der Waals surface area contributed by atoms with Crippen LogP contribution in [0.2, 0.25) is 0 Å². The van der Waals surface area contributed by atoms with Crippen LogP contribution >= 0.6 is 0 Å². The van der Waals surface area contributed by atoms with Crippen LogP contribution in [-0.4, -0.2) is 33.8 Å². The first kappa shape index (κ1) is 22.0. The smallest absolute Gasteiger partial charge is 0.264 e. The number of Topliss-reactive ketones (excluding diaryl/α,β-unsaturated/α-hetero) is 1. The fourth-order valence-electron chi connectivity index (χ4n) is 2.82. The molecular weight excluding hydrogens is 416 g/mol. The molecule has 0 bridgehead atoms. The molecule has 160 valence electrons. The van der Waals surface area contributed by atoms with Crippen molar-refractivity contribution in [1.29, 1.82) is 0 Å². The maximum Gasteiger partial charge on any atom is 0.264 e. The van der Waals surface area contributed by atoms with Crippen molar-refractivity contribution < 1.29 is 22.7 Å². The fraction of sp³-hybridized carbons (Fsp3) is 0.130. The minimum absolute atomic E-state index is 0.0479. The summed E-state index contributed by atoms with van der Waals surface area (Å²) in [5, 5.41) is 2.63. The number of benzene rings is 3. The standard InChI is InChI=1S/C23H22N2O5S/c1-17(26)18-8-6-12-21(14-18)30-16-23(27)24-19-9-7-13-22(15-19)31(28,29)25(2)20-10-4-3-5-11-20/h3-15H,16H2,1-2H3,(H,24,27). The summed E-state index contributed by atoms with van der Waals surface area (Å²) < 4.78 is 32.5. The van der Waals surface area contributed by atoms with Crippen LogP contribution in [0, 0.1) is 0 Å². The lowest BCUT2D eigenvalue weighted by molar-refractivity contribution is -0.118. The predicted octanol–water partition coefficient (Wildman–Crippen LogP) is 3.73. The van der Waals surface area contributed by atoms with Crippen molar-refractivity contribution in [3.63, 3.8) is 0 Å². The number of hydrogen-bond donors (Lipinski definition) is 1. The Hall–Kier alpha value is -3.65. The van der Waals surface area contributed by atoms with Gasteiger partial charge >= 0.3 is 0 Å². The van der Waals surface area contributed by atoms with Crippen LogP contribution in [0.5, 0.6) is 5.75 Å². The number of ether oxygens (including phenoxy) is 1. The van der Waals surface area contributed by atoms with Gasteiger partial charge in [-0.2, -0.15) is 0 Å². The monoisotopic (exact) mass is 438 g/mol. The van der Waals surface area contributed by atoms with Gasteiger partial charge < -0.3 is 10.1 Å². The van der Waals surface area contributed by atoms with E-state index in [-0.39, 0.29) is 17.3 Å². The maximum absolute atomic E-state index is 12.9. The molecule has 0 unspecified atom stereocenters. The van der Waals surface area contributed by atoms with Crippen LogP contribution in [0.4, 0.5) is 11.4 Å². The number of amides is 1. The number of hydrogen-bond acceptors (Lipinski definition) is 5. The first-order valence-electron chi connectivity index (χ1n) is 9.45. The zero-order chi connectivity index (χ0) is 22.4. The number of para-hydroxylation sites is 1. The number of nitrogens with zero attached hydrogens (tertiary/aromatic N) is 1. The molecule has 3 rings (SSSR count). The Labute approximate surface area is 181 Å². The summed E-state index contributed by atoms with van der Waals surface area (Å²) in [4.78, 5) is 23.7. The number of nitrogens with one attached hydrogen (secondary N) is 1. The zero-order valence-corrected chi connectivity index (χ0v) is 17.9. The first-order valence-corrected chi connectivity index (χ1v) is 10.9. The fourth-order valence-corrected chi connectivity index (χ4v) is 4.06. The molecule has 0 saturated heterocycles. The Bertz CT molecular complexity index is 1190. The second kappa shape index (κ2) is 9.44. The molecule has 1 N–H and O–H groups in total. The molecule has 31 heavy (non-hydrogen) atoms. The lowest BCUT2D eigenvalue weighted by Crippen LogP contribution is -2.26. The average Bonchev–Trinajstić information content (AvgIpc) is 2.78. The highest BCUT2D eigenvalue weighted by Gasteiger charge is 2.21. The summed E-state index contributed by atoms with van der Waals surface area (Å²) in [5.41, 5.74) is 1.34. The van der Waals surface area contributed by atoms with Crippen molar-refractivity contribution in [2.45, 2.75) is 11.8 Å². The van der Waals surface area contributed by atoms with E-state index >= 15 is 0 Å². The molecular formula is C23H22N2O5S. The van der Waals surface area contributed by atoms with Crippen LogP contribution < -0.4 is 14.4 Å². The van der Waals surface area contributed by atoms with E-state index in [0.29, 0.717) is 22.7 Å². The third kappa shape index (κ3) is 5.49. The van der Waals surface area contributed by atoms with E-state index in [1.54, 1.807) is 66.7 Å². The van der Waals surface area contributed by atoms with E-state index in [4.69, 9.17) is 4.74 Å². The summed E-state index contributed by atoms with van der Waals surface area (Å²) in [6.07, 6.45) is 0. The lowest BCUT2D eigenvalue weighted by atomic mass is 10.1. The molecule has 0 saturated carbocycles. The van der Waals surface area contributed by atoms with Gasteiger partial charge in [0.15, 0.2) is 12.4 Å². The van der Waals surface area contributed by atoms with Gasteiger partial charge in [-0.1, -0.05) is 36.4 Å². The van der Waals surface area contributed by atoms with Gasteiger partial charge in [0.05, 0.1) is 10.6 Å². The van der Waals surface area contributed by atoms with Gasteiger partial charge in [-0.05, 0) is 49.4 Å². The van der Waals surface area contributed by atoms with Crippen molar-refractivity contribution in [2.24, 2.45) is 0 Å². The van der Waals surface area contributed by atoms with Crippen molar-refractivity contribution in [3.05, 3.63) is 84.4 Å². The zero-order valence-electron chi connectivity index (χ0n) is 17.1. The largest absolute Gasteiger partial charge is 0.484 e. The minimum Gasteiger partial charge on any atom is -0.484 e. The number of carbonyl (C=O) groups excluding carboxylic acids is 2. The van der Waals surface area contributed by atoms with E-state index in [0.717, 1.165) is 0 Å². The Balaban J connectivity index is 1.68. The summed E-state index contributed by atoms with van der Waals surface area (Å²) in [7, 11) is -2.33. The van der Waals surface area contributed by atoms with Gasteiger partial charge in [-0.15, -0.1) is 0 Å². The summed E-state index contributed by atoms with van der Waals surface area (Å²) in [5.74, 6) is -0.170. The van der Waals surface area contributed by atoms with E-state index in [1.165, 1.54) is 30.4 Å². The van der Waals surface area contributed by atoms with Gasteiger partial charge in [0.25, 0.3) is 15.9 Å². The van der Waals surface area contributed by atoms with E-state index in [2.05, 4.69) is 5.32 Å². The average molecular weight is 439 g/mol. The van der Waals surface area contributed by atoms with Crippen molar-refractivity contribution in [2.75, 3.05) is 23.3 Å². The molecule has 0 aliphatic rings. The molecule has 7 nitrogen and oxygen atoms in total. The molecule has 0 heterocycles. The first-order chi connectivity index (χ1) is 14.8.